The van der Waals surface area contributed by atoms with Gasteiger partial charge in [0.25, 0.3) is 0 Å². The Labute approximate surface area is 152 Å². The molecular formula is C15H13Cl2N3O3S. The molecule has 1 saturated heterocycles. The molecule has 2 heterocycles. The van der Waals surface area contributed by atoms with Gasteiger partial charge in [-0.25, -0.2) is 9.59 Å². The Hall–Kier alpha value is -1.96. The molecule has 0 bridgehead atoms. The molecule has 0 spiro atoms. The van der Waals surface area contributed by atoms with Crippen LogP contribution in [-0.2, 0) is 4.74 Å². The molecule has 1 aliphatic rings. The largest absolute Gasteiger partial charge is 0.442 e. The number of nitrogens with zero attached hydrogens (tertiary/aromatic N) is 1. The lowest BCUT2D eigenvalue weighted by atomic mass is 10.3. The first kappa shape index (κ1) is 16.9. The highest BCUT2D eigenvalue weighted by Crippen LogP contribution is 2.26. The maximum Gasteiger partial charge on any atom is 0.415 e. The van der Waals surface area contributed by atoms with Gasteiger partial charge in [0, 0.05) is 5.69 Å². The maximum atomic E-state index is 11.9. The molecule has 0 radical (unpaired) electrons. The lowest BCUT2D eigenvalue weighted by Crippen LogP contribution is -2.37. The number of ether oxygens (including phenoxy) is 1. The van der Waals surface area contributed by atoms with Crippen molar-refractivity contribution in [2.75, 3.05) is 23.3 Å². The molecule has 2 N–H and O–H groups in total. The van der Waals surface area contributed by atoms with Crippen LogP contribution in [0.3, 0.4) is 0 Å². The van der Waals surface area contributed by atoms with Crippen LogP contribution in [0.2, 0.25) is 10.0 Å². The molecule has 0 saturated carbocycles. The first-order valence-electron chi connectivity index (χ1n) is 7.04. The fourth-order valence-corrected chi connectivity index (χ4v) is 3.22. The molecule has 2 aromatic rings. The molecule has 0 aliphatic carbocycles. The highest BCUT2D eigenvalue weighted by Gasteiger charge is 2.32. The molecule has 9 heteroatoms. The molecule has 126 valence electrons. The first-order valence-corrected chi connectivity index (χ1v) is 8.68. The normalized spacial score (nSPS) is 16.8. The molecule has 1 fully saturated rings. The Kier molecular flexibility index (Phi) is 5.13. The van der Waals surface area contributed by atoms with Crippen molar-refractivity contribution in [1.82, 2.24) is 5.32 Å². The molecule has 1 aliphatic heterocycles. The van der Waals surface area contributed by atoms with Crippen LogP contribution in [0, 0.1) is 0 Å². The van der Waals surface area contributed by atoms with E-state index in [1.165, 1.54) is 11.3 Å². The van der Waals surface area contributed by atoms with Gasteiger partial charge in [0.2, 0.25) is 0 Å². The van der Waals surface area contributed by atoms with E-state index in [0.29, 0.717) is 22.3 Å². The SMILES string of the molecule is O=C(NCC1CN(c2cccs2)C(=O)O1)Nc1ccc(Cl)c(Cl)c1. The summed E-state index contributed by atoms with van der Waals surface area (Å²) >= 11 is 13.2. The molecule has 6 nitrogen and oxygen atoms in total. The average molecular weight is 386 g/mol. The molecular weight excluding hydrogens is 373 g/mol. The topological polar surface area (TPSA) is 70.7 Å². The van der Waals surface area contributed by atoms with Crippen molar-refractivity contribution in [2.45, 2.75) is 6.10 Å². The van der Waals surface area contributed by atoms with Crippen LogP contribution in [0.15, 0.2) is 35.7 Å². The predicted octanol–water partition coefficient (Wildman–Crippen LogP) is 4.20. The third kappa shape index (κ3) is 3.92. The van der Waals surface area contributed by atoms with Gasteiger partial charge >= 0.3 is 12.1 Å². The quantitative estimate of drug-likeness (QED) is 0.827. The molecule has 1 unspecified atom stereocenters. The van der Waals surface area contributed by atoms with Crippen LogP contribution < -0.4 is 15.5 Å². The van der Waals surface area contributed by atoms with Crippen molar-refractivity contribution < 1.29 is 14.3 Å². The standard InChI is InChI=1S/C15H13Cl2N3O3S/c16-11-4-3-9(6-12(11)17)19-14(21)18-7-10-8-20(15(22)23-10)13-2-1-5-24-13/h1-6,10H,7-8H2,(H2,18,19,21). The van der Waals surface area contributed by atoms with Crippen LogP contribution >= 0.6 is 34.5 Å². The lowest BCUT2D eigenvalue weighted by molar-refractivity contribution is 0.141. The number of urea groups is 1. The highest BCUT2D eigenvalue weighted by atomic mass is 35.5. The van der Waals surface area contributed by atoms with E-state index in [-0.39, 0.29) is 6.54 Å². The van der Waals surface area contributed by atoms with Gasteiger partial charge in [-0.15, -0.1) is 11.3 Å². The van der Waals surface area contributed by atoms with Gasteiger partial charge in [-0.05, 0) is 35.7 Å². The smallest absolute Gasteiger partial charge is 0.415 e. The Morgan fingerprint density at radius 2 is 2.17 bits per heavy atom. The van der Waals surface area contributed by atoms with Gasteiger partial charge in [0.15, 0.2) is 0 Å². The predicted molar refractivity (Wildman–Crippen MR) is 95.4 cm³/mol. The second kappa shape index (κ2) is 7.29. The number of cyclic esters (lactones) is 1. The summed E-state index contributed by atoms with van der Waals surface area (Å²) in [6.07, 6.45) is -0.812. The Balaban J connectivity index is 1.50. The van der Waals surface area contributed by atoms with Gasteiger partial charge < -0.3 is 15.4 Å². The van der Waals surface area contributed by atoms with E-state index in [1.54, 1.807) is 23.1 Å². The fourth-order valence-electron chi connectivity index (χ4n) is 2.19. The van der Waals surface area contributed by atoms with Gasteiger partial charge in [0.05, 0.1) is 23.1 Å². The zero-order valence-corrected chi connectivity index (χ0v) is 14.6. The summed E-state index contributed by atoms with van der Waals surface area (Å²) in [5.41, 5.74) is 0.519. The van der Waals surface area contributed by atoms with Crippen molar-refractivity contribution in [3.63, 3.8) is 0 Å². The summed E-state index contributed by atoms with van der Waals surface area (Å²) in [6.45, 7) is 0.604. The summed E-state index contributed by atoms with van der Waals surface area (Å²) in [7, 11) is 0. The molecule has 3 amide bonds. The second-order valence-corrected chi connectivity index (χ2v) is 6.77. The monoisotopic (exact) mass is 385 g/mol. The van der Waals surface area contributed by atoms with E-state index in [0.717, 1.165) is 5.00 Å². The molecule has 24 heavy (non-hydrogen) atoms. The van der Waals surface area contributed by atoms with Crippen molar-refractivity contribution in [1.29, 1.82) is 0 Å². The summed E-state index contributed by atoms with van der Waals surface area (Å²) in [5, 5.41) is 8.78. The third-order valence-corrected chi connectivity index (χ3v) is 4.94. The first-order chi connectivity index (χ1) is 11.5. The average Bonchev–Trinajstić information content (AvgIpc) is 3.18. The van der Waals surface area contributed by atoms with E-state index in [1.807, 2.05) is 17.5 Å². The van der Waals surface area contributed by atoms with E-state index in [4.69, 9.17) is 27.9 Å². The van der Waals surface area contributed by atoms with Crippen LogP contribution in [-0.4, -0.2) is 31.3 Å². The Bertz CT molecular complexity index is 754. The summed E-state index contributed by atoms with van der Waals surface area (Å²) < 4.78 is 5.25. The Morgan fingerprint density at radius 3 is 2.88 bits per heavy atom. The van der Waals surface area contributed by atoms with Crippen molar-refractivity contribution in [2.24, 2.45) is 0 Å². The van der Waals surface area contributed by atoms with Crippen LogP contribution in [0.5, 0.6) is 0 Å². The second-order valence-electron chi connectivity index (χ2n) is 5.03. The number of hydrogen-bond acceptors (Lipinski definition) is 4. The maximum absolute atomic E-state index is 11.9. The minimum atomic E-state index is -0.418. The van der Waals surface area contributed by atoms with E-state index in [9.17, 15) is 9.59 Å². The van der Waals surface area contributed by atoms with Crippen LogP contribution in [0.1, 0.15) is 0 Å². The Morgan fingerprint density at radius 1 is 1.33 bits per heavy atom. The van der Waals surface area contributed by atoms with Crippen molar-refractivity contribution in [3.8, 4) is 0 Å². The zero-order valence-electron chi connectivity index (χ0n) is 12.3. The lowest BCUT2D eigenvalue weighted by Gasteiger charge is -2.12. The van der Waals surface area contributed by atoms with E-state index in [2.05, 4.69) is 10.6 Å². The number of carbonyl (C=O) groups is 2. The van der Waals surface area contributed by atoms with Crippen LogP contribution in [0.25, 0.3) is 0 Å². The molecule has 1 aromatic heterocycles. The van der Waals surface area contributed by atoms with Gasteiger partial charge in [-0.1, -0.05) is 23.2 Å². The highest BCUT2D eigenvalue weighted by molar-refractivity contribution is 7.14. The number of halogens is 2. The number of hydrogen-bond donors (Lipinski definition) is 2. The number of carbonyl (C=O) groups excluding carboxylic acids is 2. The number of benzene rings is 1. The van der Waals surface area contributed by atoms with Gasteiger partial charge in [-0.2, -0.15) is 0 Å². The number of anilines is 2. The van der Waals surface area contributed by atoms with Crippen molar-refractivity contribution in [3.05, 3.63) is 45.8 Å². The molecule has 1 atom stereocenters. The minimum absolute atomic E-state index is 0.209. The number of rotatable bonds is 4. The summed E-state index contributed by atoms with van der Waals surface area (Å²) in [5.74, 6) is 0. The van der Waals surface area contributed by atoms with Crippen LogP contribution in [0.4, 0.5) is 20.3 Å². The zero-order chi connectivity index (χ0) is 17.1. The molecule has 1 aromatic carbocycles. The third-order valence-electron chi connectivity index (χ3n) is 3.31. The fraction of sp³-hybridized carbons (Fsp3) is 0.200. The van der Waals surface area contributed by atoms with Crippen molar-refractivity contribution >= 4 is 57.4 Å². The number of amides is 3. The van der Waals surface area contributed by atoms with Gasteiger partial charge in [0.1, 0.15) is 11.1 Å². The minimum Gasteiger partial charge on any atom is -0.442 e. The van der Waals surface area contributed by atoms with Gasteiger partial charge in [-0.3, -0.25) is 4.90 Å². The molecule has 3 rings (SSSR count). The van der Waals surface area contributed by atoms with E-state index >= 15 is 0 Å². The summed E-state index contributed by atoms with van der Waals surface area (Å²) in [4.78, 5) is 25.3. The number of thiophene rings is 1. The number of nitrogens with one attached hydrogen (secondary N) is 2. The van der Waals surface area contributed by atoms with E-state index < -0.39 is 18.2 Å². The summed E-state index contributed by atoms with van der Waals surface area (Å²) in [6, 6.07) is 8.08.